The number of Topliss-reactive ketones (excluding diaryl/α,β-unsaturated/α-hetero) is 1. The second kappa shape index (κ2) is 44.0. The molecular formula is C80H109LuN17O18. The number of phenols is 4. The number of aromatic nitrogens is 6. The number of nitrogens with zero attached hydrogens (tertiary/aromatic N) is 14. The van der Waals surface area contributed by atoms with Crippen molar-refractivity contribution in [3.8, 4) is 57.1 Å². The number of aromatic hydroxyl groups is 4. The minimum absolute atomic E-state index is 0. The molecule has 35 nitrogen and oxygen atoms in total. The molecule has 11 N–H and O–H groups in total. The van der Waals surface area contributed by atoms with Crippen LogP contribution in [0.4, 0.5) is 0 Å². The Kier molecular flexibility index (Phi) is 34.8. The molecule has 36 heteroatoms. The second-order valence-electron chi connectivity index (χ2n) is 30.1. The monoisotopic (exact) mass is 1770 g/mol. The van der Waals surface area contributed by atoms with Gasteiger partial charge in [-0.05, 0) is 104 Å². The third-order valence-electron chi connectivity index (χ3n) is 21.1. The minimum atomic E-state index is -1.24. The Labute approximate surface area is 702 Å². The van der Waals surface area contributed by atoms with Gasteiger partial charge in [0.2, 0.25) is 29.4 Å². The number of hydrogen-bond donors (Lipinski definition) is 11. The van der Waals surface area contributed by atoms with Crippen molar-refractivity contribution in [1.29, 1.82) is 0 Å². The van der Waals surface area contributed by atoms with Crippen LogP contribution in [0.15, 0.2) is 72.8 Å². The van der Waals surface area contributed by atoms with Crippen molar-refractivity contribution in [1.82, 2.24) is 84.7 Å². The van der Waals surface area contributed by atoms with Gasteiger partial charge in [-0.1, -0.05) is 58.4 Å². The first-order chi connectivity index (χ1) is 55.0. The van der Waals surface area contributed by atoms with E-state index in [9.17, 15) is 88.8 Å². The summed E-state index contributed by atoms with van der Waals surface area (Å²) in [6, 6.07) is 19.5. The standard InChI is InChI=1S/C80H109N17O18.Lu/c1-7-81-77(111)75-86-84-73(61-42-59(51(3)4)64(99)44-66(61)101)96(75)56-16-12-53(13-17-56)46-88-31-37-94(38-32-88)69(104)23-20-58(98)41-55(11-9-10-24-83-68(103)22-21-63(80(114)115)93-35-29-91(49-71(107)108)27-25-90(48-70(105)106)26-28-92(30-36-93)50-72(109)110)79(113)95-39-33-89(34-40-95)47-54-14-18-57(19-15-54)97-74(85-87-76(97)78(112)82-8-2)62-43-60(52(5)6)65(100)45-67(62)102;/h12-19,42-45,51-52,55,63,99-102H,7-11,20-41,46-50H2,1-6H3,(H,81,111)(H,82,112)(H,83,103)(H,105,106)(H,107,108)(H,109,110)(H,114,115);/t55-,63-;/m1./s1. The normalized spacial score (nSPS) is 15.9. The van der Waals surface area contributed by atoms with E-state index >= 15 is 0 Å². The summed E-state index contributed by atoms with van der Waals surface area (Å²) in [5.41, 5.74) is 4.67. The Morgan fingerprint density at radius 3 is 1.25 bits per heavy atom. The number of carboxylic acid groups (broad SMARTS) is 4. The zero-order valence-electron chi connectivity index (χ0n) is 66.5. The van der Waals surface area contributed by atoms with Gasteiger partial charge in [0.15, 0.2) is 11.6 Å². The van der Waals surface area contributed by atoms with E-state index in [4.69, 9.17) is 0 Å². The largest absolute Gasteiger partial charge is 0.508 e. The van der Waals surface area contributed by atoms with Gasteiger partial charge in [-0.25, -0.2) is 0 Å². The molecule has 0 bridgehead atoms. The van der Waals surface area contributed by atoms with Gasteiger partial charge in [-0.3, -0.25) is 86.5 Å². The van der Waals surface area contributed by atoms with E-state index in [1.165, 1.54) is 12.1 Å². The van der Waals surface area contributed by atoms with E-state index < -0.39 is 66.6 Å². The fourth-order valence-corrected chi connectivity index (χ4v) is 14.8. The summed E-state index contributed by atoms with van der Waals surface area (Å²) in [7, 11) is 0. The van der Waals surface area contributed by atoms with Gasteiger partial charge in [0, 0.05) is 229 Å². The van der Waals surface area contributed by atoms with E-state index in [2.05, 4.69) is 46.1 Å². The number of phenolic OH excluding ortho intramolecular Hbond substituents is 4. The van der Waals surface area contributed by atoms with Gasteiger partial charge in [-0.2, -0.15) is 0 Å². The zero-order valence-corrected chi connectivity index (χ0v) is 68.2. The summed E-state index contributed by atoms with van der Waals surface area (Å²) >= 11 is 0. The maximum Gasteiger partial charge on any atom is 0.320 e. The number of nitrogens with one attached hydrogen (secondary N) is 3. The molecule has 9 rings (SSSR count). The molecule has 5 heterocycles. The number of ketones is 1. The van der Waals surface area contributed by atoms with Gasteiger partial charge in [0.1, 0.15) is 34.8 Å². The summed E-state index contributed by atoms with van der Waals surface area (Å²) in [4.78, 5) is 146. The van der Waals surface area contributed by atoms with Crippen LogP contribution >= 0.6 is 0 Å². The van der Waals surface area contributed by atoms with E-state index in [1.54, 1.807) is 64.5 Å². The molecule has 0 spiro atoms. The number of carboxylic acids is 4. The van der Waals surface area contributed by atoms with Crippen molar-refractivity contribution in [2.24, 2.45) is 5.92 Å². The fourth-order valence-electron chi connectivity index (χ4n) is 14.8. The van der Waals surface area contributed by atoms with Crippen LogP contribution < -0.4 is 16.0 Å². The van der Waals surface area contributed by atoms with Gasteiger partial charge in [-0.15, -0.1) is 20.4 Å². The number of unbranched alkanes of at least 4 members (excludes halogenated alkanes) is 1. The average Bonchev–Trinajstić information content (AvgIpc) is 1.61. The third kappa shape index (κ3) is 25.6. The minimum Gasteiger partial charge on any atom is -0.508 e. The molecule has 3 saturated heterocycles. The van der Waals surface area contributed by atoms with Crippen LogP contribution in [0.25, 0.3) is 34.2 Å². The quantitative estimate of drug-likeness (QED) is 0.0247. The van der Waals surface area contributed by atoms with E-state index in [-0.39, 0.29) is 228 Å². The van der Waals surface area contributed by atoms with E-state index in [0.717, 1.165) is 11.1 Å². The van der Waals surface area contributed by atoms with Crippen LogP contribution in [-0.4, -0.2) is 319 Å². The second-order valence-corrected chi connectivity index (χ2v) is 30.1. The predicted octanol–water partition coefficient (Wildman–Crippen LogP) is 4.09. The van der Waals surface area contributed by atoms with Crippen LogP contribution in [-0.2, 0) is 51.4 Å². The number of amides is 5. The Morgan fingerprint density at radius 2 is 0.853 bits per heavy atom. The molecule has 6 aromatic rings. The summed E-state index contributed by atoms with van der Waals surface area (Å²) in [5.74, 6) is -7.88. The molecule has 0 saturated carbocycles. The maximum absolute atomic E-state index is 14.7. The van der Waals surface area contributed by atoms with Gasteiger partial charge in [0.25, 0.3) is 11.8 Å². The molecule has 116 heavy (non-hydrogen) atoms. The van der Waals surface area contributed by atoms with Crippen LogP contribution in [0.3, 0.4) is 0 Å². The topological polar surface area (TPSA) is 456 Å². The number of hydrogen-bond acceptors (Lipinski definition) is 24. The number of carbonyl (C=O) groups is 10. The van der Waals surface area contributed by atoms with Crippen molar-refractivity contribution in [2.75, 3.05) is 144 Å². The summed E-state index contributed by atoms with van der Waals surface area (Å²) in [6.45, 7) is 16.3. The molecule has 3 aliphatic rings. The fraction of sp³-hybridized carbons (Fsp3) is 0.525. The van der Waals surface area contributed by atoms with Crippen LogP contribution in [0.5, 0.6) is 23.0 Å². The number of benzene rings is 4. The van der Waals surface area contributed by atoms with Crippen molar-refractivity contribution in [3.63, 3.8) is 0 Å². The van der Waals surface area contributed by atoms with Crippen LogP contribution in [0, 0.1) is 42.8 Å². The van der Waals surface area contributed by atoms with Gasteiger partial charge in [0.05, 0.1) is 30.8 Å². The molecule has 2 aromatic heterocycles. The first-order valence-electron chi connectivity index (χ1n) is 39.4. The number of rotatable bonds is 36. The molecule has 2 atom stereocenters. The third-order valence-corrected chi connectivity index (χ3v) is 21.1. The Morgan fingerprint density at radius 1 is 0.448 bits per heavy atom. The van der Waals surface area contributed by atoms with Crippen molar-refractivity contribution < 1.29 is 126 Å². The summed E-state index contributed by atoms with van der Waals surface area (Å²) in [5, 5.41) is 108. The Hall–Kier alpha value is -9.75. The molecule has 4 aromatic carbocycles. The van der Waals surface area contributed by atoms with Crippen molar-refractivity contribution in [3.05, 3.63) is 107 Å². The predicted molar refractivity (Wildman–Crippen MR) is 422 cm³/mol. The SMILES string of the molecule is CCNC(=O)c1nnc(-c2cc(C(C)C)c(O)cc2O)n1-c1ccc(CN2CCN(C(=O)CCC(=O)C[C@@H](CCCCNC(=O)CC[C@H](C(=O)O)N3CCN(CC(=O)O)CCN(CC(=O)O)CCN(CC(=O)O)CC3)C(=O)N3CCN(Cc4ccc(-n5c(C(=O)NCC)nnc5-c5cc(C(C)C)c(O)cc5O)cc4)CC3)CC2)cc1.[Lu]. The first-order valence-corrected chi connectivity index (χ1v) is 39.4. The zero-order chi connectivity index (χ0) is 83.2. The molecule has 5 amide bonds. The molecule has 0 aliphatic carbocycles. The Bertz CT molecular complexity index is 4360. The van der Waals surface area contributed by atoms with Crippen molar-refractivity contribution in [2.45, 2.75) is 124 Å². The number of aliphatic carboxylic acids is 4. The smallest absolute Gasteiger partial charge is 0.320 e. The number of piperazine rings is 2. The van der Waals surface area contributed by atoms with E-state index in [0.29, 0.717) is 114 Å². The molecule has 0 unspecified atom stereocenters. The maximum atomic E-state index is 14.7. The van der Waals surface area contributed by atoms with E-state index in [1.807, 2.05) is 76.2 Å². The molecular weight excluding hydrogens is 1660 g/mol. The summed E-state index contributed by atoms with van der Waals surface area (Å²) in [6.07, 6.45) is 0.460. The molecule has 1 radical (unpaired) electrons. The van der Waals surface area contributed by atoms with Crippen LogP contribution in [0.2, 0.25) is 0 Å². The van der Waals surface area contributed by atoms with Crippen molar-refractivity contribution >= 4 is 59.2 Å². The first kappa shape index (κ1) is 91.8. The molecule has 3 fully saturated rings. The summed E-state index contributed by atoms with van der Waals surface area (Å²) < 4.78 is 3.12. The molecule has 3 aliphatic heterocycles. The van der Waals surface area contributed by atoms with Crippen LogP contribution in [0.1, 0.15) is 148 Å². The van der Waals surface area contributed by atoms with Gasteiger partial charge < -0.3 is 66.6 Å². The van der Waals surface area contributed by atoms with Gasteiger partial charge >= 0.3 is 23.9 Å². The Balaban J connectivity index is 0.0000168. The average molecular weight is 1770 g/mol. The molecule has 637 valence electrons. The number of carbonyl (C=O) groups excluding carboxylic acids is 6.